The smallest absolute Gasteiger partial charge is 0.305 e. The molecular weight excluding hydrogens is 232 g/mol. The van der Waals surface area contributed by atoms with Crippen LogP contribution >= 0.6 is 11.8 Å². The fourth-order valence-electron chi connectivity index (χ4n) is 1.74. The number of thioether (sulfide) groups is 1. The van der Waals surface area contributed by atoms with E-state index in [-0.39, 0.29) is 5.97 Å². The minimum Gasteiger partial charge on any atom is -0.465 e. The first-order valence-corrected chi connectivity index (χ1v) is 8.21. The Bertz CT molecular complexity index is 202. The van der Waals surface area contributed by atoms with E-state index in [0.717, 1.165) is 18.1 Å². The fraction of sp³-hybridized carbons (Fsp3) is 0.929. The van der Waals surface area contributed by atoms with Gasteiger partial charge in [-0.1, -0.05) is 39.0 Å². The second-order valence-corrected chi connectivity index (χ2v) is 6.10. The molecule has 0 radical (unpaired) electrons. The molecule has 1 fully saturated rings. The second kappa shape index (κ2) is 9.81. The molecule has 1 saturated carbocycles. The van der Waals surface area contributed by atoms with Crippen LogP contribution in [-0.2, 0) is 9.53 Å². The lowest BCUT2D eigenvalue weighted by molar-refractivity contribution is -0.143. The van der Waals surface area contributed by atoms with Crippen molar-refractivity contribution in [1.82, 2.24) is 0 Å². The summed E-state index contributed by atoms with van der Waals surface area (Å²) in [6, 6.07) is 0. The average molecular weight is 258 g/mol. The molecule has 100 valence electrons. The molecule has 0 atom stereocenters. The van der Waals surface area contributed by atoms with E-state index in [1.165, 1.54) is 44.3 Å². The van der Waals surface area contributed by atoms with Gasteiger partial charge >= 0.3 is 5.97 Å². The lowest BCUT2D eigenvalue weighted by Gasteiger charge is -2.04. The van der Waals surface area contributed by atoms with E-state index in [9.17, 15) is 4.79 Å². The van der Waals surface area contributed by atoms with Crippen LogP contribution < -0.4 is 0 Å². The SMILES string of the molecule is CCCCSCCOC(=O)CCCCC1CC1. The maximum Gasteiger partial charge on any atom is 0.305 e. The zero-order chi connectivity index (χ0) is 12.3. The molecule has 1 rings (SSSR count). The van der Waals surface area contributed by atoms with Crippen molar-refractivity contribution < 1.29 is 9.53 Å². The number of carbonyl (C=O) groups excluding carboxylic acids is 1. The lowest BCUT2D eigenvalue weighted by Crippen LogP contribution is -2.07. The number of carbonyl (C=O) groups is 1. The van der Waals surface area contributed by atoms with Crippen molar-refractivity contribution in [2.45, 2.75) is 58.3 Å². The molecule has 0 bridgehead atoms. The van der Waals surface area contributed by atoms with Gasteiger partial charge in [0.2, 0.25) is 0 Å². The quantitative estimate of drug-likeness (QED) is 0.413. The Hall–Kier alpha value is -0.180. The summed E-state index contributed by atoms with van der Waals surface area (Å²) in [6.07, 6.45) is 9.49. The van der Waals surface area contributed by atoms with Crippen molar-refractivity contribution in [3.05, 3.63) is 0 Å². The molecule has 1 aliphatic carbocycles. The molecule has 1 aliphatic rings. The van der Waals surface area contributed by atoms with Crippen LogP contribution in [0.1, 0.15) is 58.3 Å². The highest BCUT2D eigenvalue weighted by Crippen LogP contribution is 2.33. The third kappa shape index (κ3) is 9.51. The van der Waals surface area contributed by atoms with Gasteiger partial charge in [-0.15, -0.1) is 0 Å². The van der Waals surface area contributed by atoms with Crippen molar-refractivity contribution in [2.24, 2.45) is 5.92 Å². The average Bonchev–Trinajstić information content (AvgIpc) is 3.13. The molecule has 0 saturated heterocycles. The van der Waals surface area contributed by atoms with E-state index in [2.05, 4.69) is 6.92 Å². The minimum atomic E-state index is -0.00288. The summed E-state index contributed by atoms with van der Waals surface area (Å²) in [4.78, 5) is 11.4. The number of hydrogen-bond acceptors (Lipinski definition) is 3. The first-order chi connectivity index (χ1) is 8.33. The first-order valence-electron chi connectivity index (χ1n) is 7.06. The third-order valence-electron chi connectivity index (χ3n) is 3.07. The van der Waals surface area contributed by atoms with Crippen molar-refractivity contribution in [3.8, 4) is 0 Å². The highest BCUT2D eigenvalue weighted by atomic mass is 32.2. The zero-order valence-electron chi connectivity index (χ0n) is 11.1. The number of esters is 1. The number of rotatable bonds is 11. The van der Waals surface area contributed by atoms with Crippen molar-refractivity contribution in [3.63, 3.8) is 0 Å². The molecule has 0 unspecified atom stereocenters. The largest absolute Gasteiger partial charge is 0.465 e. The molecule has 0 amide bonds. The summed E-state index contributed by atoms with van der Waals surface area (Å²) in [5, 5.41) is 0. The Morgan fingerprint density at radius 3 is 2.76 bits per heavy atom. The fourth-order valence-corrected chi connectivity index (χ4v) is 2.64. The molecule has 3 heteroatoms. The topological polar surface area (TPSA) is 26.3 Å². The van der Waals surface area contributed by atoms with E-state index in [1.807, 2.05) is 11.8 Å². The lowest BCUT2D eigenvalue weighted by atomic mass is 10.1. The van der Waals surface area contributed by atoms with E-state index in [0.29, 0.717) is 13.0 Å². The Labute approximate surface area is 110 Å². The zero-order valence-corrected chi connectivity index (χ0v) is 11.9. The highest BCUT2D eigenvalue weighted by Gasteiger charge is 2.20. The van der Waals surface area contributed by atoms with Crippen LogP contribution in [0.3, 0.4) is 0 Å². The van der Waals surface area contributed by atoms with Crippen LogP contribution in [0, 0.1) is 5.92 Å². The van der Waals surface area contributed by atoms with E-state index in [1.54, 1.807) is 0 Å². The minimum absolute atomic E-state index is 0.00288. The third-order valence-corrected chi connectivity index (χ3v) is 4.11. The summed E-state index contributed by atoms with van der Waals surface area (Å²) in [7, 11) is 0. The molecule has 0 spiro atoms. The summed E-state index contributed by atoms with van der Waals surface area (Å²) < 4.78 is 5.19. The molecule has 0 N–H and O–H groups in total. The van der Waals surface area contributed by atoms with Crippen molar-refractivity contribution in [1.29, 1.82) is 0 Å². The van der Waals surface area contributed by atoms with Gasteiger partial charge in [0.25, 0.3) is 0 Å². The Morgan fingerprint density at radius 2 is 2.06 bits per heavy atom. The van der Waals surface area contributed by atoms with Gasteiger partial charge in [0, 0.05) is 12.2 Å². The molecule has 0 aromatic rings. The van der Waals surface area contributed by atoms with Crippen LogP contribution in [-0.4, -0.2) is 24.1 Å². The normalized spacial score (nSPS) is 14.9. The summed E-state index contributed by atoms with van der Waals surface area (Å²) in [5.74, 6) is 3.13. The summed E-state index contributed by atoms with van der Waals surface area (Å²) in [6.45, 7) is 2.79. The summed E-state index contributed by atoms with van der Waals surface area (Å²) >= 11 is 1.88. The van der Waals surface area contributed by atoms with Gasteiger partial charge in [-0.05, 0) is 24.5 Å². The van der Waals surface area contributed by atoms with Gasteiger partial charge in [-0.25, -0.2) is 0 Å². The van der Waals surface area contributed by atoms with E-state index >= 15 is 0 Å². The standard InChI is InChI=1S/C14H26O2S/c1-2-3-11-17-12-10-16-14(15)7-5-4-6-13-8-9-13/h13H,2-12H2,1H3. The molecule has 17 heavy (non-hydrogen) atoms. The molecule has 2 nitrogen and oxygen atoms in total. The van der Waals surface area contributed by atoms with E-state index in [4.69, 9.17) is 4.74 Å². The van der Waals surface area contributed by atoms with Gasteiger partial charge in [0.1, 0.15) is 6.61 Å². The van der Waals surface area contributed by atoms with Crippen molar-refractivity contribution in [2.75, 3.05) is 18.1 Å². The Morgan fingerprint density at radius 1 is 1.24 bits per heavy atom. The van der Waals surface area contributed by atoms with Gasteiger partial charge in [0.15, 0.2) is 0 Å². The maximum absolute atomic E-state index is 11.4. The molecule has 0 aromatic carbocycles. The van der Waals surface area contributed by atoms with Gasteiger partial charge < -0.3 is 4.74 Å². The van der Waals surface area contributed by atoms with Crippen LogP contribution in [0.5, 0.6) is 0 Å². The molecule has 0 heterocycles. The Balaban J connectivity index is 1.76. The number of ether oxygens (including phenoxy) is 1. The predicted molar refractivity (Wildman–Crippen MR) is 74.4 cm³/mol. The Kier molecular flexibility index (Phi) is 8.59. The second-order valence-electron chi connectivity index (χ2n) is 4.88. The highest BCUT2D eigenvalue weighted by molar-refractivity contribution is 7.99. The van der Waals surface area contributed by atoms with E-state index < -0.39 is 0 Å². The van der Waals surface area contributed by atoms with Gasteiger partial charge in [-0.2, -0.15) is 11.8 Å². The maximum atomic E-state index is 11.4. The number of hydrogen-bond donors (Lipinski definition) is 0. The summed E-state index contributed by atoms with van der Waals surface area (Å²) in [5.41, 5.74) is 0. The monoisotopic (exact) mass is 258 g/mol. The van der Waals surface area contributed by atoms with Gasteiger partial charge in [0.05, 0.1) is 0 Å². The van der Waals surface area contributed by atoms with Gasteiger partial charge in [-0.3, -0.25) is 4.79 Å². The molecule has 0 aliphatic heterocycles. The predicted octanol–water partition coefficient (Wildman–Crippen LogP) is 4.03. The van der Waals surface area contributed by atoms with Crippen LogP contribution in [0.15, 0.2) is 0 Å². The molecular formula is C14H26O2S. The first kappa shape index (κ1) is 14.9. The number of unbranched alkanes of at least 4 members (excludes halogenated alkanes) is 2. The van der Waals surface area contributed by atoms with Crippen LogP contribution in [0.2, 0.25) is 0 Å². The van der Waals surface area contributed by atoms with Crippen molar-refractivity contribution >= 4 is 17.7 Å². The van der Waals surface area contributed by atoms with Crippen LogP contribution in [0.4, 0.5) is 0 Å². The van der Waals surface area contributed by atoms with Crippen LogP contribution in [0.25, 0.3) is 0 Å². The molecule has 0 aromatic heterocycles.